The summed E-state index contributed by atoms with van der Waals surface area (Å²) in [4.78, 5) is 16.4. The molecule has 0 N–H and O–H groups in total. The first-order valence-electron chi connectivity index (χ1n) is 8.90. The molecular weight excluding hydrogens is 316 g/mol. The van der Waals surface area contributed by atoms with E-state index in [1.807, 2.05) is 17.0 Å². The molecule has 0 saturated carbocycles. The summed E-state index contributed by atoms with van der Waals surface area (Å²) in [5.74, 6) is 1.66. The van der Waals surface area contributed by atoms with Crippen molar-refractivity contribution in [2.75, 3.05) is 31.1 Å². The maximum atomic E-state index is 12.3. The van der Waals surface area contributed by atoms with E-state index >= 15 is 0 Å². The summed E-state index contributed by atoms with van der Waals surface area (Å²) in [5.41, 5.74) is 2.50. The van der Waals surface area contributed by atoms with Crippen LogP contribution >= 0.6 is 0 Å². The fourth-order valence-electron chi connectivity index (χ4n) is 3.43. The fraction of sp³-hybridized carbons (Fsp3) is 0.421. The standard InChI is InChI=1S/C19H22N4O2/c24-19(8-7-16-5-3-13-25-16)23-11-9-22(10-12-23)18-14-15-4-1-2-6-17(15)20-21-18/h3,5,7-8,13-14H,1-2,4,6,9-12H2/b8-7+. The van der Waals surface area contributed by atoms with Crippen LogP contribution < -0.4 is 4.90 Å². The van der Waals surface area contributed by atoms with Gasteiger partial charge in [0.15, 0.2) is 5.82 Å². The van der Waals surface area contributed by atoms with Gasteiger partial charge in [-0.3, -0.25) is 4.79 Å². The molecule has 1 aliphatic carbocycles. The van der Waals surface area contributed by atoms with E-state index in [1.54, 1.807) is 18.4 Å². The van der Waals surface area contributed by atoms with Gasteiger partial charge in [0.25, 0.3) is 0 Å². The first-order valence-corrected chi connectivity index (χ1v) is 8.90. The van der Waals surface area contributed by atoms with E-state index in [9.17, 15) is 4.79 Å². The smallest absolute Gasteiger partial charge is 0.246 e. The van der Waals surface area contributed by atoms with Gasteiger partial charge in [0.2, 0.25) is 5.91 Å². The van der Waals surface area contributed by atoms with Crippen molar-refractivity contribution in [3.8, 4) is 0 Å². The van der Waals surface area contributed by atoms with Gasteiger partial charge in [0, 0.05) is 32.3 Å². The second kappa shape index (κ2) is 7.09. The molecule has 4 rings (SSSR count). The highest BCUT2D eigenvalue weighted by Gasteiger charge is 2.22. The number of aromatic nitrogens is 2. The van der Waals surface area contributed by atoms with Crippen molar-refractivity contribution >= 4 is 17.8 Å². The Bertz CT molecular complexity index is 762. The number of amides is 1. The van der Waals surface area contributed by atoms with Crippen molar-refractivity contribution in [3.05, 3.63) is 47.6 Å². The lowest BCUT2D eigenvalue weighted by molar-refractivity contribution is -0.126. The zero-order valence-electron chi connectivity index (χ0n) is 14.2. The summed E-state index contributed by atoms with van der Waals surface area (Å²) >= 11 is 0. The van der Waals surface area contributed by atoms with Gasteiger partial charge in [-0.2, -0.15) is 5.10 Å². The normalized spacial score (nSPS) is 17.8. The largest absolute Gasteiger partial charge is 0.465 e. The van der Waals surface area contributed by atoms with Crippen LogP contribution in [0.3, 0.4) is 0 Å². The molecule has 0 atom stereocenters. The summed E-state index contributed by atoms with van der Waals surface area (Å²) in [5, 5.41) is 8.81. The van der Waals surface area contributed by atoms with Crippen LogP contribution in [0.2, 0.25) is 0 Å². The number of rotatable bonds is 3. The highest BCUT2D eigenvalue weighted by atomic mass is 16.3. The van der Waals surface area contributed by atoms with Crippen LogP contribution in [0.15, 0.2) is 35.0 Å². The predicted octanol–water partition coefficient (Wildman–Crippen LogP) is 2.31. The molecule has 2 aromatic heterocycles. The number of carbonyl (C=O) groups is 1. The third-order valence-electron chi connectivity index (χ3n) is 4.91. The molecule has 2 aromatic rings. The van der Waals surface area contributed by atoms with E-state index in [0.29, 0.717) is 18.8 Å². The molecule has 0 aromatic carbocycles. The number of furan rings is 1. The predicted molar refractivity (Wildman–Crippen MR) is 95.2 cm³/mol. The highest BCUT2D eigenvalue weighted by molar-refractivity contribution is 5.91. The van der Waals surface area contributed by atoms with E-state index in [1.165, 1.54) is 18.4 Å². The first kappa shape index (κ1) is 15.9. The molecule has 1 amide bonds. The van der Waals surface area contributed by atoms with Crippen molar-refractivity contribution in [1.29, 1.82) is 0 Å². The van der Waals surface area contributed by atoms with Gasteiger partial charge in [0.1, 0.15) is 5.76 Å². The molecule has 1 saturated heterocycles. The molecule has 6 heteroatoms. The number of piperazine rings is 1. The maximum Gasteiger partial charge on any atom is 0.246 e. The SMILES string of the molecule is O=C(/C=C/c1ccco1)N1CCN(c2cc3c(nn2)CCCC3)CC1. The number of nitrogens with zero attached hydrogens (tertiary/aromatic N) is 4. The Morgan fingerprint density at radius 1 is 1.12 bits per heavy atom. The lowest BCUT2D eigenvalue weighted by Gasteiger charge is -2.35. The molecule has 0 bridgehead atoms. The molecule has 0 radical (unpaired) electrons. The summed E-state index contributed by atoms with van der Waals surface area (Å²) in [6.45, 7) is 2.96. The highest BCUT2D eigenvalue weighted by Crippen LogP contribution is 2.23. The Balaban J connectivity index is 1.36. The minimum Gasteiger partial charge on any atom is -0.465 e. The Kier molecular flexibility index (Phi) is 4.50. The molecule has 0 unspecified atom stereocenters. The second-order valence-corrected chi connectivity index (χ2v) is 6.54. The molecule has 0 spiro atoms. The number of anilines is 1. The van der Waals surface area contributed by atoms with Gasteiger partial charge in [0.05, 0.1) is 12.0 Å². The lowest BCUT2D eigenvalue weighted by Crippen LogP contribution is -2.48. The van der Waals surface area contributed by atoms with Gasteiger partial charge in [-0.1, -0.05) is 0 Å². The molecule has 25 heavy (non-hydrogen) atoms. The molecule has 3 heterocycles. The minimum atomic E-state index is 0.0209. The van der Waals surface area contributed by atoms with E-state index in [-0.39, 0.29) is 5.91 Å². The third-order valence-corrected chi connectivity index (χ3v) is 4.91. The molecule has 1 aliphatic heterocycles. The van der Waals surface area contributed by atoms with Crippen LogP contribution in [0, 0.1) is 0 Å². The van der Waals surface area contributed by atoms with Crippen molar-refractivity contribution in [1.82, 2.24) is 15.1 Å². The zero-order chi connectivity index (χ0) is 17.1. The van der Waals surface area contributed by atoms with E-state index in [2.05, 4.69) is 21.2 Å². The van der Waals surface area contributed by atoms with Crippen molar-refractivity contribution < 1.29 is 9.21 Å². The van der Waals surface area contributed by atoms with Crippen molar-refractivity contribution in [3.63, 3.8) is 0 Å². The first-order chi connectivity index (χ1) is 12.3. The number of carbonyl (C=O) groups excluding carboxylic acids is 1. The minimum absolute atomic E-state index is 0.0209. The van der Waals surface area contributed by atoms with E-state index in [4.69, 9.17) is 4.42 Å². The van der Waals surface area contributed by atoms with Gasteiger partial charge >= 0.3 is 0 Å². The Hall–Kier alpha value is -2.63. The van der Waals surface area contributed by atoms with Crippen molar-refractivity contribution in [2.45, 2.75) is 25.7 Å². The summed E-state index contributed by atoms with van der Waals surface area (Å²) in [6, 6.07) is 5.83. The third kappa shape index (κ3) is 3.57. The molecule has 6 nitrogen and oxygen atoms in total. The van der Waals surface area contributed by atoms with Crippen molar-refractivity contribution in [2.24, 2.45) is 0 Å². The maximum absolute atomic E-state index is 12.3. The van der Waals surface area contributed by atoms with E-state index < -0.39 is 0 Å². The van der Waals surface area contributed by atoms with Gasteiger partial charge in [-0.05, 0) is 55.5 Å². The zero-order valence-corrected chi connectivity index (χ0v) is 14.2. The topological polar surface area (TPSA) is 62.5 Å². The number of fused-ring (bicyclic) bond motifs is 1. The van der Waals surface area contributed by atoms with Crippen LogP contribution in [-0.4, -0.2) is 47.2 Å². The average Bonchev–Trinajstić information content (AvgIpc) is 3.19. The van der Waals surface area contributed by atoms with Crippen LogP contribution in [0.5, 0.6) is 0 Å². The van der Waals surface area contributed by atoms with Crippen LogP contribution in [0.25, 0.3) is 6.08 Å². The number of aryl methyl sites for hydroxylation is 2. The van der Waals surface area contributed by atoms with Gasteiger partial charge < -0.3 is 14.2 Å². The number of hydrogen-bond donors (Lipinski definition) is 0. The molecule has 2 aliphatic rings. The quantitative estimate of drug-likeness (QED) is 0.804. The van der Waals surface area contributed by atoms with Crippen LogP contribution in [-0.2, 0) is 17.6 Å². The summed E-state index contributed by atoms with van der Waals surface area (Å²) in [6.07, 6.45) is 9.50. The number of hydrogen-bond acceptors (Lipinski definition) is 5. The monoisotopic (exact) mass is 338 g/mol. The molecule has 1 fully saturated rings. The van der Waals surface area contributed by atoms with Gasteiger partial charge in [-0.25, -0.2) is 0 Å². The second-order valence-electron chi connectivity index (χ2n) is 6.54. The molecule has 130 valence electrons. The van der Waals surface area contributed by atoms with Gasteiger partial charge in [-0.15, -0.1) is 5.10 Å². The van der Waals surface area contributed by atoms with E-state index in [0.717, 1.165) is 37.4 Å². The lowest BCUT2D eigenvalue weighted by atomic mass is 9.97. The average molecular weight is 338 g/mol. The summed E-state index contributed by atoms with van der Waals surface area (Å²) in [7, 11) is 0. The molecular formula is C19H22N4O2. The Labute approximate surface area is 147 Å². The Morgan fingerprint density at radius 2 is 1.96 bits per heavy atom. The van der Waals surface area contributed by atoms with Crippen LogP contribution in [0.1, 0.15) is 29.9 Å². The summed E-state index contributed by atoms with van der Waals surface area (Å²) < 4.78 is 5.21. The van der Waals surface area contributed by atoms with Crippen LogP contribution in [0.4, 0.5) is 5.82 Å². The fourth-order valence-corrected chi connectivity index (χ4v) is 3.43. The Morgan fingerprint density at radius 3 is 2.76 bits per heavy atom.